The number of hydrogen-bond donors (Lipinski definition) is 3. The molecule has 0 saturated carbocycles. The molecule has 0 bridgehead atoms. The van der Waals surface area contributed by atoms with Crippen LogP contribution in [0.4, 0.5) is 0 Å². The number of rotatable bonds is 1. The molecule has 0 spiro atoms. The second-order valence-corrected chi connectivity index (χ2v) is 4.20. The van der Waals surface area contributed by atoms with Crippen LogP contribution in [0.25, 0.3) is 0 Å². The van der Waals surface area contributed by atoms with Crippen molar-refractivity contribution in [3.8, 4) is 0 Å². The van der Waals surface area contributed by atoms with Crippen molar-refractivity contribution in [2.24, 2.45) is 0 Å². The molecule has 0 aromatic carbocycles. The van der Waals surface area contributed by atoms with Crippen molar-refractivity contribution in [1.82, 2.24) is 0 Å². The minimum absolute atomic E-state index is 0. The van der Waals surface area contributed by atoms with Crippen molar-refractivity contribution in [2.45, 2.75) is 0 Å². The average molecular weight is 264 g/mol. The van der Waals surface area contributed by atoms with Gasteiger partial charge in [-0.1, -0.05) is 0 Å². The monoisotopic (exact) mass is 264 g/mol. The van der Waals surface area contributed by atoms with E-state index in [0.717, 1.165) is 0 Å². The van der Waals surface area contributed by atoms with Crippen LogP contribution in [-0.4, -0.2) is 37.6 Å². The van der Waals surface area contributed by atoms with Crippen LogP contribution >= 0.6 is 12.3 Å². The minimum atomic E-state index is -4.96. The Morgan fingerprint density at radius 1 is 1.31 bits per heavy atom. The number of hydrogen-bond acceptors (Lipinski definition) is 8. The summed E-state index contributed by atoms with van der Waals surface area (Å²) in [4.78, 5) is 8.00. The Morgan fingerprint density at radius 3 is 1.38 bits per heavy atom. The minimum Gasteiger partial charge on any atom is -0.736 e. The summed E-state index contributed by atoms with van der Waals surface area (Å²) in [6.07, 6.45) is 0. The average Bonchev–Trinajstić information content (AvgIpc) is 1.91. The molecule has 0 aliphatic heterocycles. The zero-order chi connectivity index (χ0) is 10.8. The van der Waals surface area contributed by atoms with Crippen molar-refractivity contribution in [3.05, 3.63) is 0 Å². The molecule has 0 saturated heterocycles. The molecular weight excluding hydrogens is 259 g/mol. The fourth-order valence-electron chi connectivity index (χ4n) is 0. The Bertz CT molecular complexity index is 197. The molecule has 0 aliphatic carbocycles. The van der Waals surface area contributed by atoms with Crippen molar-refractivity contribution in [1.29, 1.82) is 0 Å². The maximum atomic E-state index is 9.23. The molecular formula is CH5NaO8S3. The summed E-state index contributed by atoms with van der Waals surface area (Å²) in [7, 11) is -8.23. The molecule has 0 heterocycles. The maximum Gasteiger partial charge on any atom is 1.00 e. The zero-order valence-electron chi connectivity index (χ0n) is 6.31. The largest absolute Gasteiger partial charge is 1.00 e. The molecule has 12 heteroatoms. The molecule has 0 aromatic rings. The first-order valence-electron chi connectivity index (χ1n) is 1.67. The molecule has 3 N–H and O–H groups in total. The molecule has 76 valence electrons. The van der Waals surface area contributed by atoms with E-state index in [1.54, 1.807) is 0 Å². The van der Waals surface area contributed by atoms with E-state index < -0.39 is 19.3 Å². The van der Waals surface area contributed by atoms with Crippen LogP contribution in [0.15, 0.2) is 0 Å². The molecule has 0 radical (unpaired) electrons. The van der Waals surface area contributed by atoms with Crippen molar-refractivity contribution in [2.75, 3.05) is 0 Å². The quantitative estimate of drug-likeness (QED) is 0.142. The summed E-state index contributed by atoms with van der Waals surface area (Å²) < 4.78 is 58.5. The van der Waals surface area contributed by atoms with Gasteiger partial charge in [0.15, 0.2) is 12.3 Å². The van der Waals surface area contributed by atoms with E-state index in [-0.39, 0.29) is 41.9 Å². The molecule has 0 rings (SSSR count). The van der Waals surface area contributed by atoms with Gasteiger partial charge in [-0.15, -0.1) is 0 Å². The summed E-state index contributed by atoms with van der Waals surface area (Å²) in [5, 5.41) is 0. The summed E-state index contributed by atoms with van der Waals surface area (Å²) in [6.45, 7) is 2.00. The van der Waals surface area contributed by atoms with E-state index >= 15 is 0 Å². The molecule has 0 aromatic heterocycles. The third-order valence-corrected chi connectivity index (χ3v) is 1.57. The Kier molecular flexibility index (Phi) is 28.1. The van der Waals surface area contributed by atoms with E-state index in [4.69, 9.17) is 18.5 Å². The topological polar surface area (TPSA) is 152 Å². The second-order valence-electron chi connectivity index (χ2n) is 0.707. The van der Waals surface area contributed by atoms with Crippen molar-refractivity contribution in [3.63, 3.8) is 0 Å². The standard InChI is InChI=1S/CH2O.Na.H2O5S2.H2O2S/c1-2;;1-6(2)7(3,4)5;1-3-2/h1H2;;(H,1,2)(H,3,4,5);1-2H/q;+1;;/p-1. The summed E-state index contributed by atoms with van der Waals surface area (Å²) in [5.74, 6) is 0. The van der Waals surface area contributed by atoms with Crippen LogP contribution in [-0.2, 0) is 24.1 Å². The van der Waals surface area contributed by atoms with Crippen molar-refractivity contribution < 1.29 is 65.2 Å². The molecule has 13 heavy (non-hydrogen) atoms. The second kappa shape index (κ2) is 15.4. The first-order valence-corrected chi connectivity index (χ1v) is 5.43. The van der Waals surface area contributed by atoms with Crippen LogP contribution in [0.2, 0.25) is 0 Å². The number of carbonyl (C=O) groups is 1. The Hall–Kier alpha value is 0.960. The normalized spacial score (nSPS) is 10.5. The van der Waals surface area contributed by atoms with Crippen LogP contribution < -0.4 is 29.6 Å². The summed E-state index contributed by atoms with van der Waals surface area (Å²) >= 11 is -0.250. The van der Waals surface area contributed by atoms with Gasteiger partial charge in [0.1, 0.15) is 6.79 Å². The van der Waals surface area contributed by atoms with Gasteiger partial charge in [-0.25, -0.2) is 12.6 Å². The van der Waals surface area contributed by atoms with E-state index in [9.17, 15) is 17.2 Å². The molecule has 0 aliphatic rings. The fraction of sp³-hybridized carbons (Fsp3) is 0. The van der Waals surface area contributed by atoms with Gasteiger partial charge >= 0.3 is 29.6 Å². The molecule has 0 amide bonds. The maximum absolute atomic E-state index is 9.23. The van der Waals surface area contributed by atoms with Gasteiger partial charge in [-0.05, 0) is 0 Å². The Labute approximate surface area is 103 Å². The molecule has 8 nitrogen and oxygen atoms in total. The third-order valence-electron chi connectivity index (χ3n) is 0.175. The van der Waals surface area contributed by atoms with Gasteiger partial charge in [0.25, 0.3) is 10.1 Å². The molecule has 1 atom stereocenters. The third kappa shape index (κ3) is 32.1. The van der Waals surface area contributed by atoms with E-state index in [0.29, 0.717) is 0 Å². The summed E-state index contributed by atoms with van der Waals surface area (Å²) in [5.41, 5.74) is 0. The van der Waals surface area contributed by atoms with E-state index in [1.165, 1.54) is 0 Å². The van der Waals surface area contributed by atoms with Crippen molar-refractivity contribution >= 4 is 38.4 Å². The van der Waals surface area contributed by atoms with Gasteiger partial charge in [0.05, 0.1) is 0 Å². The smallest absolute Gasteiger partial charge is 0.736 e. The van der Waals surface area contributed by atoms with Gasteiger partial charge in [-0.3, -0.25) is 4.55 Å². The summed E-state index contributed by atoms with van der Waals surface area (Å²) in [6, 6.07) is 0. The molecule has 0 fully saturated rings. The van der Waals surface area contributed by atoms with E-state index in [1.807, 2.05) is 6.79 Å². The van der Waals surface area contributed by atoms with Gasteiger partial charge in [0, 0.05) is 0 Å². The van der Waals surface area contributed by atoms with Gasteiger partial charge in [-0.2, -0.15) is 0 Å². The van der Waals surface area contributed by atoms with Crippen LogP contribution in [0.1, 0.15) is 0 Å². The Morgan fingerprint density at radius 2 is 1.38 bits per heavy atom. The van der Waals surface area contributed by atoms with Crippen LogP contribution in [0.3, 0.4) is 0 Å². The van der Waals surface area contributed by atoms with E-state index in [2.05, 4.69) is 0 Å². The Balaban J connectivity index is -0.0000000581. The predicted molar refractivity (Wildman–Crippen MR) is 40.4 cm³/mol. The fourth-order valence-corrected chi connectivity index (χ4v) is 0. The van der Waals surface area contributed by atoms with Gasteiger partial charge in [0.2, 0.25) is 9.15 Å². The number of carbonyl (C=O) groups excluding carboxylic acids is 1. The van der Waals surface area contributed by atoms with Gasteiger partial charge < -0.3 is 18.5 Å². The van der Waals surface area contributed by atoms with Crippen LogP contribution in [0.5, 0.6) is 0 Å². The zero-order valence-corrected chi connectivity index (χ0v) is 10.8. The SMILES string of the molecule is C=O.O=S(O)S(=O)(=O)[O-].OSO.[Na+]. The molecule has 1 unspecified atom stereocenters. The predicted octanol–water partition coefficient (Wildman–Crippen LogP) is -3.85. The van der Waals surface area contributed by atoms with Crippen LogP contribution in [0, 0.1) is 0 Å². The first-order chi connectivity index (χ1) is 5.36. The first kappa shape index (κ1) is 23.6.